The van der Waals surface area contributed by atoms with Crippen molar-refractivity contribution in [1.82, 2.24) is 0 Å². The smallest absolute Gasteiger partial charge is 0.419 e. The first-order valence-corrected chi connectivity index (χ1v) is 14.0. The largest absolute Gasteiger partial charge is 0.444 e. The molecule has 16 heteroatoms. The topological polar surface area (TPSA) is 96.5 Å². The molecule has 0 spiro atoms. The van der Waals surface area contributed by atoms with E-state index in [2.05, 4.69) is 10.6 Å². The molecule has 1 aliphatic carbocycles. The molecule has 3 aromatic rings. The highest BCUT2D eigenvalue weighted by atomic mass is 35.5. The number of alkyl halides is 5. The average Bonchev–Trinajstić information content (AvgIpc) is 3.49. The number of nitrogens with one attached hydrogen (secondary N) is 3. The summed E-state index contributed by atoms with van der Waals surface area (Å²) >= 11 is 18.6. The molecule has 1 saturated carbocycles. The second-order valence-electron chi connectivity index (χ2n) is 10.9. The molecule has 7 nitrogen and oxygen atoms in total. The van der Waals surface area contributed by atoms with E-state index < -0.39 is 80.2 Å². The fraction of sp³-hybridized carbons (Fsp3) is 0.276. The van der Waals surface area contributed by atoms with Gasteiger partial charge in [0, 0.05) is 11.6 Å². The summed E-state index contributed by atoms with van der Waals surface area (Å²) in [5.41, 5.74) is -4.35. The fourth-order valence-electron chi connectivity index (χ4n) is 4.38. The Balaban J connectivity index is 1.51. The molecule has 0 aromatic heterocycles. The van der Waals surface area contributed by atoms with E-state index in [1.54, 1.807) is 20.8 Å². The van der Waals surface area contributed by atoms with E-state index in [0.717, 1.165) is 24.3 Å². The lowest BCUT2D eigenvalue weighted by Gasteiger charge is -2.20. The van der Waals surface area contributed by atoms with Crippen LogP contribution in [0.25, 0.3) is 0 Å². The summed E-state index contributed by atoms with van der Waals surface area (Å²) in [6, 6.07) is 7.47. The third-order valence-electron chi connectivity index (χ3n) is 6.43. The average molecular weight is 697 g/mol. The maximum Gasteiger partial charge on any atom is 0.419 e. The second-order valence-corrected chi connectivity index (χ2v) is 12.8. The molecule has 2 atom stereocenters. The summed E-state index contributed by atoms with van der Waals surface area (Å²) in [5, 5.41) is 6.45. The minimum atomic E-state index is -5.00. The Labute approximate surface area is 267 Å². The van der Waals surface area contributed by atoms with E-state index in [0.29, 0.717) is 12.1 Å². The maximum absolute atomic E-state index is 15.1. The van der Waals surface area contributed by atoms with Crippen molar-refractivity contribution in [3.05, 3.63) is 87.7 Å². The number of carbonyl (C=O) groups excluding carboxylic acids is 3. The molecular formula is C29H22Cl3F6N3O4. The summed E-state index contributed by atoms with van der Waals surface area (Å²) in [6.07, 6.45) is -6.15. The standard InChI is InChI=1S/C29H22Cl3F6N3O4/c1-27(2,3)45-26(44)41-23-18(34)8-9-19(22(23)35)40-24(42)14-11-13(5-6-16(14)30)39-25(43)21-20(28(21,31)32)12-4-7-17(33)15(10-12)29(36,37)38/h4-11,20-21H,1-3H3,(H,39,43)(H,40,42)(H,41,44)/t20-,21+/m0/s1. The minimum absolute atomic E-state index is 0.0220. The van der Waals surface area contributed by atoms with Gasteiger partial charge < -0.3 is 15.4 Å². The van der Waals surface area contributed by atoms with Gasteiger partial charge in [-0.2, -0.15) is 13.2 Å². The number of benzene rings is 3. The monoisotopic (exact) mass is 695 g/mol. The lowest BCUT2D eigenvalue weighted by molar-refractivity contribution is -0.140. The van der Waals surface area contributed by atoms with Crippen LogP contribution < -0.4 is 16.0 Å². The van der Waals surface area contributed by atoms with Gasteiger partial charge in [0.1, 0.15) is 27.3 Å². The zero-order valence-corrected chi connectivity index (χ0v) is 25.6. The number of anilines is 3. The summed E-state index contributed by atoms with van der Waals surface area (Å²) in [4.78, 5) is 38.1. The van der Waals surface area contributed by atoms with Crippen molar-refractivity contribution in [1.29, 1.82) is 0 Å². The highest BCUT2D eigenvalue weighted by molar-refractivity contribution is 6.53. The molecule has 3 amide bonds. The van der Waals surface area contributed by atoms with Gasteiger partial charge in [-0.15, -0.1) is 23.2 Å². The highest BCUT2D eigenvalue weighted by Crippen LogP contribution is 2.65. The van der Waals surface area contributed by atoms with Crippen LogP contribution in [-0.4, -0.2) is 27.8 Å². The zero-order chi connectivity index (χ0) is 33.6. The van der Waals surface area contributed by atoms with Crippen molar-refractivity contribution in [3.8, 4) is 0 Å². The zero-order valence-electron chi connectivity index (χ0n) is 23.3. The van der Waals surface area contributed by atoms with Gasteiger partial charge in [-0.05, 0) is 68.8 Å². The van der Waals surface area contributed by atoms with E-state index in [9.17, 15) is 36.3 Å². The van der Waals surface area contributed by atoms with E-state index in [-0.39, 0.29) is 21.8 Å². The lowest BCUT2D eigenvalue weighted by Crippen LogP contribution is -2.28. The number of ether oxygens (including phenoxy) is 1. The van der Waals surface area contributed by atoms with Crippen LogP contribution in [0.3, 0.4) is 0 Å². The van der Waals surface area contributed by atoms with Crippen LogP contribution in [-0.2, 0) is 15.7 Å². The van der Waals surface area contributed by atoms with Crippen molar-refractivity contribution in [2.45, 2.75) is 42.8 Å². The molecule has 3 aromatic carbocycles. The van der Waals surface area contributed by atoms with Crippen molar-refractivity contribution in [2.75, 3.05) is 16.0 Å². The first-order chi connectivity index (χ1) is 20.7. The van der Waals surface area contributed by atoms with Gasteiger partial charge in [-0.25, -0.2) is 18.0 Å². The van der Waals surface area contributed by atoms with E-state index in [1.165, 1.54) is 12.1 Å². The maximum atomic E-state index is 15.1. The number of rotatable bonds is 6. The summed E-state index contributed by atoms with van der Waals surface area (Å²) in [7, 11) is 0. The van der Waals surface area contributed by atoms with Gasteiger partial charge in [0.05, 0.1) is 27.8 Å². The number of halogens is 9. The van der Waals surface area contributed by atoms with Crippen LogP contribution in [0.5, 0.6) is 0 Å². The Hall–Kier alpha value is -3.68. The highest BCUT2D eigenvalue weighted by Gasteiger charge is 2.67. The summed E-state index contributed by atoms with van der Waals surface area (Å²) in [5.74, 6) is -8.20. The van der Waals surface area contributed by atoms with Gasteiger partial charge in [0.25, 0.3) is 5.91 Å². The van der Waals surface area contributed by atoms with Crippen LogP contribution >= 0.6 is 34.8 Å². The Morgan fingerprint density at radius 1 is 0.867 bits per heavy atom. The molecule has 1 fully saturated rings. The third-order valence-corrected chi connectivity index (χ3v) is 7.70. The Morgan fingerprint density at radius 3 is 2.13 bits per heavy atom. The predicted molar refractivity (Wildman–Crippen MR) is 156 cm³/mol. The van der Waals surface area contributed by atoms with Crippen LogP contribution in [0, 0.1) is 23.4 Å². The minimum Gasteiger partial charge on any atom is -0.444 e. The van der Waals surface area contributed by atoms with Crippen molar-refractivity contribution >= 4 is 69.8 Å². The molecule has 0 aliphatic heterocycles. The lowest BCUT2D eigenvalue weighted by atomic mass is 10.0. The molecule has 0 unspecified atom stereocenters. The summed E-state index contributed by atoms with van der Waals surface area (Å²) < 4.78 is 85.9. The molecule has 0 saturated heterocycles. The van der Waals surface area contributed by atoms with Crippen LogP contribution in [0.15, 0.2) is 48.5 Å². The molecule has 4 rings (SSSR count). The molecular weight excluding hydrogens is 675 g/mol. The van der Waals surface area contributed by atoms with Gasteiger partial charge in [0.15, 0.2) is 5.82 Å². The molecule has 1 aliphatic rings. The third kappa shape index (κ3) is 7.59. The first-order valence-electron chi connectivity index (χ1n) is 12.8. The van der Waals surface area contributed by atoms with Gasteiger partial charge >= 0.3 is 12.3 Å². The van der Waals surface area contributed by atoms with Crippen LogP contribution in [0.2, 0.25) is 5.02 Å². The number of hydrogen-bond acceptors (Lipinski definition) is 4. The van der Waals surface area contributed by atoms with E-state index in [4.69, 9.17) is 39.5 Å². The molecule has 0 radical (unpaired) electrons. The van der Waals surface area contributed by atoms with Crippen molar-refractivity contribution in [3.63, 3.8) is 0 Å². The van der Waals surface area contributed by atoms with Crippen molar-refractivity contribution in [2.24, 2.45) is 5.92 Å². The SMILES string of the molecule is CC(C)(C)OC(=O)Nc1c(F)ccc(NC(=O)c2cc(NC(=O)[C@H]3[C@H](c4ccc(F)c(C(F)(F)F)c4)C3(Cl)Cl)ccc2Cl)c1F. The number of amides is 3. The number of hydrogen-bond donors (Lipinski definition) is 3. The molecule has 240 valence electrons. The normalized spacial score (nSPS) is 17.3. The molecule has 45 heavy (non-hydrogen) atoms. The summed E-state index contributed by atoms with van der Waals surface area (Å²) in [6.45, 7) is 4.62. The van der Waals surface area contributed by atoms with E-state index in [1.807, 2.05) is 5.32 Å². The Bertz CT molecular complexity index is 1690. The number of carbonyl (C=O) groups is 3. The van der Waals surface area contributed by atoms with Crippen LogP contribution in [0.1, 0.15) is 48.2 Å². The second kappa shape index (κ2) is 12.3. The van der Waals surface area contributed by atoms with Crippen LogP contribution in [0.4, 0.5) is 48.2 Å². The molecule has 0 heterocycles. The van der Waals surface area contributed by atoms with Crippen molar-refractivity contribution < 1.29 is 45.5 Å². The fourth-order valence-corrected chi connectivity index (χ4v) is 5.41. The van der Waals surface area contributed by atoms with Gasteiger partial charge in [-0.3, -0.25) is 14.9 Å². The Morgan fingerprint density at radius 2 is 1.51 bits per heavy atom. The molecule has 3 N–H and O–H groups in total. The molecule has 0 bridgehead atoms. The first kappa shape index (κ1) is 34.2. The quantitative estimate of drug-likeness (QED) is 0.177. The van der Waals surface area contributed by atoms with Gasteiger partial charge in [0.2, 0.25) is 5.91 Å². The van der Waals surface area contributed by atoms with Gasteiger partial charge in [-0.1, -0.05) is 17.7 Å². The Kier molecular flexibility index (Phi) is 9.31. The van der Waals surface area contributed by atoms with E-state index >= 15 is 4.39 Å². The predicted octanol–water partition coefficient (Wildman–Crippen LogP) is 8.90.